The predicted octanol–water partition coefficient (Wildman–Crippen LogP) is 2.53. The van der Waals surface area contributed by atoms with E-state index in [-0.39, 0.29) is 0 Å². The molecule has 1 atom stereocenters. The highest BCUT2D eigenvalue weighted by Crippen LogP contribution is 2.28. The molecule has 0 amide bonds. The molecule has 0 spiro atoms. The van der Waals surface area contributed by atoms with Gasteiger partial charge in [0.15, 0.2) is 0 Å². The molecule has 0 radical (unpaired) electrons. The molecule has 1 aromatic heterocycles. The Morgan fingerprint density at radius 2 is 2.44 bits per heavy atom. The van der Waals surface area contributed by atoms with Gasteiger partial charge in [-0.25, -0.2) is 4.98 Å². The van der Waals surface area contributed by atoms with Gasteiger partial charge in [0.05, 0.1) is 17.3 Å². The van der Waals surface area contributed by atoms with Gasteiger partial charge in [0, 0.05) is 24.6 Å². The van der Waals surface area contributed by atoms with Gasteiger partial charge < -0.3 is 10.1 Å². The van der Waals surface area contributed by atoms with Crippen molar-refractivity contribution in [1.82, 2.24) is 10.3 Å². The Morgan fingerprint density at radius 3 is 3.06 bits per heavy atom. The number of thiazole rings is 1. The first-order valence-electron chi connectivity index (χ1n) is 5.99. The maximum absolute atomic E-state index is 5.57. The molecule has 1 heterocycles. The molecule has 1 N–H and O–H groups in total. The smallest absolute Gasteiger partial charge is 0.0898 e. The second-order valence-corrected chi connectivity index (χ2v) is 5.55. The molecule has 1 fully saturated rings. The van der Waals surface area contributed by atoms with Crippen LogP contribution in [0.1, 0.15) is 36.5 Å². The molecule has 1 aliphatic rings. The van der Waals surface area contributed by atoms with E-state index in [9.17, 15) is 0 Å². The molecule has 1 aliphatic carbocycles. The van der Waals surface area contributed by atoms with Gasteiger partial charge in [-0.05, 0) is 32.6 Å². The minimum absolute atomic E-state index is 0.328. The summed E-state index contributed by atoms with van der Waals surface area (Å²) >= 11 is 1.71. The van der Waals surface area contributed by atoms with Crippen molar-refractivity contribution < 1.29 is 4.74 Å². The van der Waals surface area contributed by atoms with Crippen molar-refractivity contribution >= 4 is 11.3 Å². The number of nitrogens with one attached hydrogen (secondary N) is 1. The first kappa shape index (κ1) is 12.0. The minimum atomic E-state index is 0.328. The lowest BCUT2D eigenvalue weighted by molar-refractivity contribution is 0.124. The van der Waals surface area contributed by atoms with E-state index in [2.05, 4.69) is 22.6 Å². The van der Waals surface area contributed by atoms with Crippen molar-refractivity contribution in [2.75, 3.05) is 19.8 Å². The molecule has 0 bridgehead atoms. The monoisotopic (exact) mass is 240 g/mol. The lowest BCUT2D eigenvalue weighted by Gasteiger charge is -2.11. The Bertz CT molecular complexity index is 323. The summed E-state index contributed by atoms with van der Waals surface area (Å²) in [5, 5.41) is 6.68. The molecular weight excluding hydrogens is 220 g/mol. The lowest BCUT2D eigenvalue weighted by atomic mass is 10.2. The normalized spacial score (nSPS) is 17.6. The zero-order chi connectivity index (χ0) is 11.4. The standard InChI is InChI=1S/C12H20N2OS/c1-9(12-8-16-10(2)14-12)13-5-6-15-7-11-3-4-11/h8-9,11,13H,3-7H2,1-2H3. The highest BCUT2D eigenvalue weighted by Gasteiger charge is 2.20. The SMILES string of the molecule is Cc1nc(C(C)NCCOCC2CC2)cs1. The van der Waals surface area contributed by atoms with Gasteiger partial charge in [-0.3, -0.25) is 0 Å². The number of hydrogen-bond acceptors (Lipinski definition) is 4. The van der Waals surface area contributed by atoms with Crippen LogP contribution in [0.4, 0.5) is 0 Å². The quantitative estimate of drug-likeness (QED) is 0.744. The molecule has 1 saturated carbocycles. The van der Waals surface area contributed by atoms with E-state index in [4.69, 9.17) is 4.74 Å². The summed E-state index contributed by atoms with van der Waals surface area (Å²) in [5.41, 5.74) is 1.14. The lowest BCUT2D eigenvalue weighted by Crippen LogP contribution is -2.23. The largest absolute Gasteiger partial charge is 0.380 e. The molecular formula is C12H20N2OS. The summed E-state index contributed by atoms with van der Waals surface area (Å²) in [6.45, 7) is 6.86. The number of hydrogen-bond donors (Lipinski definition) is 1. The van der Waals surface area contributed by atoms with E-state index in [0.717, 1.165) is 36.4 Å². The first-order valence-corrected chi connectivity index (χ1v) is 6.87. The number of ether oxygens (including phenoxy) is 1. The zero-order valence-electron chi connectivity index (χ0n) is 10.0. The summed E-state index contributed by atoms with van der Waals surface area (Å²) in [4.78, 5) is 4.46. The molecule has 2 rings (SSSR count). The Balaban J connectivity index is 1.57. The number of rotatable bonds is 7. The van der Waals surface area contributed by atoms with Crippen molar-refractivity contribution in [3.05, 3.63) is 16.1 Å². The molecule has 4 heteroatoms. The molecule has 0 aromatic carbocycles. The Morgan fingerprint density at radius 1 is 1.62 bits per heavy atom. The third kappa shape index (κ3) is 3.85. The fraction of sp³-hybridized carbons (Fsp3) is 0.750. The van der Waals surface area contributed by atoms with Crippen molar-refractivity contribution in [1.29, 1.82) is 0 Å². The van der Waals surface area contributed by atoms with Gasteiger partial charge in [0.2, 0.25) is 0 Å². The van der Waals surface area contributed by atoms with E-state index in [1.807, 2.05) is 6.92 Å². The van der Waals surface area contributed by atoms with Crippen LogP contribution in [-0.4, -0.2) is 24.7 Å². The van der Waals surface area contributed by atoms with E-state index in [1.54, 1.807) is 11.3 Å². The van der Waals surface area contributed by atoms with Crippen LogP contribution in [0, 0.1) is 12.8 Å². The van der Waals surface area contributed by atoms with Crippen LogP contribution >= 0.6 is 11.3 Å². The molecule has 3 nitrogen and oxygen atoms in total. The average Bonchev–Trinajstić information content (AvgIpc) is 2.99. The molecule has 90 valence electrons. The number of aromatic nitrogens is 1. The second-order valence-electron chi connectivity index (χ2n) is 4.49. The van der Waals surface area contributed by atoms with Crippen LogP contribution in [-0.2, 0) is 4.74 Å². The maximum atomic E-state index is 5.57. The van der Waals surface area contributed by atoms with Gasteiger partial charge in [0.25, 0.3) is 0 Å². The predicted molar refractivity (Wildman–Crippen MR) is 66.8 cm³/mol. The Labute approximate surface area is 101 Å². The third-order valence-corrected chi connectivity index (χ3v) is 3.62. The second kappa shape index (κ2) is 5.75. The van der Waals surface area contributed by atoms with E-state index >= 15 is 0 Å². The van der Waals surface area contributed by atoms with Crippen LogP contribution in [0.25, 0.3) is 0 Å². The molecule has 0 saturated heterocycles. The van der Waals surface area contributed by atoms with Gasteiger partial charge in [0.1, 0.15) is 0 Å². The van der Waals surface area contributed by atoms with Crippen LogP contribution < -0.4 is 5.32 Å². The molecule has 16 heavy (non-hydrogen) atoms. The summed E-state index contributed by atoms with van der Waals surface area (Å²) < 4.78 is 5.57. The summed E-state index contributed by atoms with van der Waals surface area (Å²) in [7, 11) is 0. The molecule has 1 unspecified atom stereocenters. The van der Waals surface area contributed by atoms with Gasteiger partial charge in [-0.2, -0.15) is 0 Å². The summed E-state index contributed by atoms with van der Waals surface area (Å²) in [5.74, 6) is 0.860. The highest BCUT2D eigenvalue weighted by atomic mass is 32.1. The van der Waals surface area contributed by atoms with Crippen LogP contribution in [0.5, 0.6) is 0 Å². The Hall–Kier alpha value is -0.450. The zero-order valence-corrected chi connectivity index (χ0v) is 10.8. The molecule has 1 aromatic rings. The third-order valence-electron chi connectivity index (χ3n) is 2.83. The first-order chi connectivity index (χ1) is 7.75. The van der Waals surface area contributed by atoms with Crippen molar-refractivity contribution in [2.24, 2.45) is 5.92 Å². The van der Waals surface area contributed by atoms with E-state index in [0.29, 0.717) is 6.04 Å². The van der Waals surface area contributed by atoms with Crippen LogP contribution in [0.3, 0.4) is 0 Å². The minimum Gasteiger partial charge on any atom is -0.380 e. The van der Waals surface area contributed by atoms with Crippen molar-refractivity contribution in [3.63, 3.8) is 0 Å². The van der Waals surface area contributed by atoms with E-state index in [1.165, 1.54) is 12.8 Å². The van der Waals surface area contributed by atoms with Crippen LogP contribution in [0.15, 0.2) is 5.38 Å². The highest BCUT2D eigenvalue weighted by molar-refractivity contribution is 7.09. The molecule has 0 aliphatic heterocycles. The topological polar surface area (TPSA) is 34.2 Å². The van der Waals surface area contributed by atoms with Crippen molar-refractivity contribution in [2.45, 2.75) is 32.7 Å². The fourth-order valence-corrected chi connectivity index (χ4v) is 2.27. The fourth-order valence-electron chi connectivity index (χ4n) is 1.57. The number of nitrogens with zero attached hydrogens (tertiary/aromatic N) is 1. The van der Waals surface area contributed by atoms with Crippen molar-refractivity contribution in [3.8, 4) is 0 Å². The summed E-state index contributed by atoms with van der Waals surface area (Å²) in [6, 6.07) is 0.328. The summed E-state index contributed by atoms with van der Waals surface area (Å²) in [6.07, 6.45) is 2.73. The van der Waals surface area contributed by atoms with Gasteiger partial charge >= 0.3 is 0 Å². The average molecular weight is 240 g/mol. The Kier molecular flexibility index (Phi) is 4.32. The maximum Gasteiger partial charge on any atom is 0.0898 e. The van der Waals surface area contributed by atoms with E-state index < -0.39 is 0 Å². The van der Waals surface area contributed by atoms with Crippen LogP contribution in [0.2, 0.25) is 0 Å². The van der Waals surface area contributed by atoms with Gasteiger partial charge in [-0.15, -0.1) is 11.3 Å². The van der Waals surface area contributed by atoms with Gasteiger partial charge in [-0.1, -0.05) is 0 Å². The number of aryl methyl sites for hydroxylation is 1.